The first kappa shape index (κ1) is 13.4. The standard InChI is InChI=1S/C11H20O5/c1-7-4-9(5-8(2)15-7)16-10(6-14-3)11(12)13/h7-10H,4-6H2,1-3H3,(H,12,13). The first-order valence-corrected chi connectivity index (χ1v) is 5.55. The Morgan fingerprint density at radius 2 is 2.00 bits per heavy atom. The number of hydrogen-bond acceptors (Lipinski definition) is 4. The average molecular weight is 232 g/mol. The lowest BCUT2D eigenvalue weighted by molar-refractivity contribution is -0.170. The van der Waals surface area contributed by atoms with Crippen molar-refractivity contribution in [3.8, 4) is 0 Å². The Morgan fingerprint density at radius 1 is 1.44 bits per heavy atom. The van der Waals surface area contributed by atoms with Crippen molar-refractivity contribution in [1.29, 1.82) is 0 Å². The molecule has 1 aliphatic rings. The van der Waals surface area contributed by atoms with E-state index in [1.807, 2.05) is 13.8 Å². The molecule has 3 atom stereocenters. The van der Waals surface area contributed by atoms with Crippen molar-refractivity contribution in [2.24, 2.45) is 0 Å². The molecule has 0 aromatic rings. The van der Waals surface area contributed by atoms with Crippen molar-refractivity contribution >= 4 is 5.97 Å². The molecule has 0 aromatic heterocycles. The zero-order valence-electron chi connectivity index (χ0n) is 10.0. The SMILES string of the molecule is COCC(OC1CC(C)OC(C)C1)C(=O)O. The number of hydrogen-bond donors (Lipinski definition) is 1. The van der Waals surface area contributed by atoms with Gasteiger partial charge < -0.3 is 19.3 Å². The number of methoxy groups -OCH3 is 1. The lowest BCUT2D eigenvalue weighted by Crippen LogP contribution is -2.40. The van der Waals surface area contributed by atoms with Gasteiger partial charge in [0.15, 0.2) is 6.10 Å². The molecule has 1 rings (SSSR count). The van der Waals surface area contributed by atoms with E-state index < -0.39 is 12.1 Å². The summed E-state index contributed by atoms with van der Waals surface area (Å²) in [5, 5.41) is 8.93. The largest absolute Gasteiger partial charge is 0.479 e. The summed E-state index contributed by atoms with van der Waals surface area (Å²) in [6.07, 6.45) is 0.759. The Hall–Kier alpha value is -0.650. The van der Waals surface area contributed by atoms with Crippen LogP contribution in [0.15, 0.2) is 0 Å². The Bertz CT molecular complexity index is 220. The van der Waals surface area contributed by atoms with E-state index in [0.717, 1.165) is 12.8 Å². The zero-order valence-corrected chi connectivity index (χ0v) is 10.0. The second-order valence-electron chi connectivity index (χ2n) is 4.27. The first-order chi connectivity index (χ1) is 7.52. The summed E-state index contributed by atoms with van der Waals surface area (Å²) in [4.78, 5) is 10.9. The molecular weight excluding hydrogens is 212 g/mol. The third-order valence-electron chi connectivity index (χ3n) is 2.60. The van der Waals surface area contributed by atoms with Gasteiger partial charge in [0.1, 0.15) is 0 Å². The maximum atomic E-state index is 10.9. The highest BCUT2D eigenvalue weighted by molar-refractivity contribution is 5.72. The molecule has 0 aromatic carbocycles. The predicted molar refractivity (Wildman–Crippen MR) is 57.4 cm³/mol. The van der Waals surface area contributed by atoms with Gasteiger partial charge in [0.2, 0.25) is 0 Å². The lowest BCUT2D eigenvalue weighted by atomic mass is 10.0. The van der Waals surface area contributed by atoms with Crippen LogP contribution in [0.2, 0.25) is 0 Å². The van der Waals surface area contributed by atoms with Crippen LogP contribution in [0.5, 0.6) is 0 Å². The first-order valence-electron chi connectivity index (χ1n) is 5.55. The lowest BCUT2D eigenvalue weighted by Gasteiger charge is -2.33. The molecular formula is C11H20O5. The van der Waals surface area contributed by atoms with Gasteiger partial charge in [-0.3, -0.25) is 0 Å². The Labute approximate surface area is 95.7 Å². The number of carbonyl (C=O) groups is 1. The van der Waals surface area contributed by atoms with Gasteiger partial charge >= 0.3 is 5.97 Å². The predicted octanol–water partition coefficient (Wildman–Crippen LogP) is 1.06. The number of carboxylic acids is 1. The molecule has 3 unspecified atom stereocenters. The highest BCUT2D eigenvalue weighted by Crippen LogP contribution is 2.22. The minimum Gasteiger partial charge on any atom is -0.479 e. The summed E-state index contributed by atoms with van der Waals surface area (Å²) in [5.41, 5.74) is 0. The summed E-state index contributed by atoms with van der Waals surface area (Å²) in [6, 6.07) is 0. The second kappa shape index (κ2) is 6.18. The Kier molecular flexibility index (Phi) is 5.18. The topological polar surface area (TPSA) is 65.0 Å². The number of rotatable bonds is 5. The number of ether oxygens (including phenoxy) is 3. The van der Waals surface area contributed by atoms with Crippen LogP contribution in [-0.4, -0.2) is 49.2 Å². The number of aliphatic carboxylic acids is 1. The van der Waals surface area contributed by atoms with Crippen LogP contribution in [0.1, 0.15) is 26.7 Å². The molecule has 1 aliphatic heterocycles. The summed E-state index contributed by atoms with van der Waals surface area (Å²) in [6.45, 7) is 4.02. The van der Waals surface area contributed by atoms with E-state index in [2.05, 4.69) is 0 Å². The van der Waals surface area contributed by atoms with Gasteiger partial charge in [-0.2, -0.15) is 0 Å². The minimum atomic E-state index is -0.978. The molecule has 0 spiro atoms. The minimum absolute atomic E-state index is 0.0602. The second-order valence-corrected chi connectivity index (χ2v) is 4.27. The smallest absolute Gasteiger partial charge is 0.335 e. The van der Waals surface area contributed by atoms with E-state index in [-0.39, 0.29) is 24.9 Å². The van der Waals surface area contributed by atoms with Crippen molar-refractivity contribution in [2.75, 3.05) is 13.7 Å². The van der Waals surface area contributed by atoms with E-state index in [1.54, 1.807) is 0 Å². The van der Waals surface area contributed by atoms with Crippen molar-refractivity contribution in [3.05, 3.63) is 0 Å². The van der Waals surface area contributed by atoms with E-state index in [1.165, 1.54) is 7.11 Å². The molecule has 1 heterocycles. The van der Waals surface area contributed by atoms with Crippen molar-refractivity contribution in [2.45, 2.75) is 51.1 Å². The molecule has 0 bridgehead atoms. The summed E-state index contributed by atoms with van der Waals surface area (Å²) in [5.74, 6) is -0.978. The fraction of sp³-hybridized carbons (Fsp3) is 0.909. The number of carboxylic acid groups (broad SMARTS) is 1. The maximum absolute atomic E-state index is 10.9. The Morgan fingerprint density at radius 3 is 2.44 bits per heavy atom. The third-order valence-corrected chi connectivity index (χ3v) is 2.60. The highest BCUT2D eigenvalue weighted by atomic mass is 16.6. The van der Waals surface area contributed by atoms with Gasteiger partial charge in [0, 0.05) is 7.11 Å². The van der Waals surface area contributed by atoms with Crippen LogP contribution < -0.4 is 0 Å². The molecule has 5 nitrogen and oxygen atoms in total. The van der Waals surface area contributed by atoms with E-state index >= 15 is 0 Å². The van der Waals surface area contributed by atoms with Crippen LogP contribution >= 0.6 is 0 Å². The average Bonchev–Trinajstić information content (AvgIpc) is 2.15. The quantitative estimate of drug-likeness (QED) is 0.767. The Balaban J connectivity index is 2.47. The molecule has 0 saturated carbocycles. The van der Waals surface area contributed by atoms with E-state index in [4.69, 9.17) is 19.3 Å². The van der Waals surface area contributed by atoms with Gasteiger partial charge in [0.05, 0.1) is 24.9 Å². The van der Waals surface area contributed by atoms with E-state index in [9.17, 15) is 4.79 Å². The molecule has 1 saturated heterocycles. The molecule has 5 heteroatoms. The molecule has 16 heavy (non-hydrogen) atoms. The maximum Gasteiger partial charge on any atom is 0.335 e. The highest BCUT2D eigenvalue weighted by Gasteiger charge is 2.29. The van der Waals surface area contributed by atoms with Crippen molar-refractivity contribution < 1.29 is 24.1 Å². The molecule has 0 aliphatic carbocycles. The van der Waals surface area contributed by atoms with Crippen LogP contribution in [0.4, 0.5) is 0 Å². The van der Waals surface area contributed by atoms with Crippen LogP contribution in [0.25, 0.3) is 0 Å². The van der Waals surface area contributed by atoms with Gasteiger partial charge in [-0.05, 0) is 26.7 Å². The monoisotopic (exact) mass is 232 g/mol. The third kappa shape index (κ3) is 4.08. The van der Waals surface area contributed by atoms with Gasteiger partial charge in [-0.1, -0.05) is 0 Å². The molecule has 1 N–H and O–H groups in total. The summed E-state index contributed by atoms with van der Waals surface area (Å²) >= 11 is 0. The van der Waals surface area contributed by atoms with Crippen LogP contribution in [0.3, 0.4) is 0 Å². The molecule has 0 amide bonds. The van der Waals surface area contributed by atoms with Crippen molar-refractivity contribution in [3.63, 3.8) is 0 Å². The van der Waals surface area contributed by atoms with Gasteiger partial charge in [-0.25, -0.2) is 4.79 Å². The normalized spacial score (nSPS) is 32.3. The molecule has 94 valence electrons. The van der Waals surface area contributed by atoms with Crippen LogP contribution in [-0.2, 0) is 19.0 Å². The fourth-order valence-corrected chi connectivity index (χ4v) is 2.01. The van der Waals surface area contributed by atoms with Gasteiger partial charge in [-0.15, -0.1) is 0 Å². The van der Waals surface area contributed by atoms with E-state index in [0.29, 0.717) is 0 Å². The molecule has 0 radical (unpaired) electrons. The van der Waals surface area contributed by atoms with Gasteiger partial charge in [0.25, 0.3) is 0 Å². The van der Waals surface area contributed by atoms with Crippen LogP contribution in [0, 0.1) is 0 Å². The molecule has 1 fully saturated rings. The van der Waals surface area contributed by atoms with Crippen molar-refractivity contribution in [1.82, 2.24) is 0 Å². The fourth-order valence-electron chi connectivity index (χ4n) is 2.01. The zero-order chi connectivity index (χ0) is 12.1. The summed E-state index contributed by atoms with van der Waals surface area (Å²) in [7, 11) is 1.47. The summed E-state index contributed by atoms with van der Waals surface area (Å²) < 4.78 is 15.9.